The number of methoxy groups -OCH3 is 2. The maximum atomic E-state index is 13.4. The number of piperidine rings is 1. The molecule has 1 amide bonds. The Morgan fingerprint density at radius 1 is 0.744 bits per heavy atom. The lowest BCUT2D eigenvalue weighted by atomic mass is 9.81. The Bertz CT molecular complexity index is 2980. The van der Waals surface area contributed by atoms with Crippen molar-refractivity contribution < 1.29 is 47.1 Å². The molecule has 3 aliphatic rings. The number of likely N-dealkylation sites (tertiary alicyclic amines) is 1. The van der Waals surface area contributed by atoms with Crippen molar-refractivity contribution in [3.8, 4) is 23.6 Å². The predicted octanol–water partition coefficient (Wildman–Crippen LogP) is 10.7. The average molecular weight is 1210 g/mol. The highest BCUT2D eigenvalue weighted by Crippen LogP contribution is 2.47. The lowest BCUT2D eigenvalue weighted by Gasteiger charge is -2.38. The number of halogens is 5. The summed E-state index contributed by atoms with van der Waals surface area (Å²) < 4.78 is 68.8. The molecule has 438 valence electrons. The number of fused-ring (bicyclic) bond motifs is 2. The summed E-state index contributed by atoms with van der Waals surface area (Å²) >= 11 is 6.09. The topological polar surface area (TPSA) is 190 Å². The fourth-order valence-corrected chi connectivity index (χ4v) is 10.7. The Morgan fingerprint density at radius 3 is 1.68 bits per heavy atom. The largest absolute Gasteiger partial charge is 0.496 e. The standard InChI is InChI=1S/C23H29ClFN3O4.2C20H21FN2O.BrH.H2O/c1-30-21-13-19(26)18(24)12-17(21)23(29)27-20-8-10-28(14-22(20)31-2)9-3-11-32-16-6-4-15(25)5-7-16;2*1-23(2)11-3-10-20(17-5-7-18(21)8-6-17)19-9-4-15(13-22)12-16(19)14-24-20;;/h4-7,12-13,20,22H,3,8-11,14,26H2,1-2H3,(H,27,29);2*4-9,12H,3,10-11,14H2,1-2H3;1H;1H2. The quantitative estimate of drug-likeness (QED) is 0.0577. The Kier molecular flexibility index (Phi) is 25.2. The van der Waals surface area contributed by atoms with E-state index in [9.17, 15) is 18.0 Å². The van der Waals surface area contributed by atoms with Crippen LogP contribution in [0.3, 0.4) is 0 Å². The van der Waals surface area contributed by atoms with Gasteiger partial charge in [0, 0.05) is 32.8 Å². The maximum absolute atomic E-state index is 13.4. The highest BCUT2D eigenvalue weighted by molar-refractivity contribution is 8.93. The van der Waals surface area contributed by atoms with Crippen LogP contribution in [0, 0.1) is 40.1 Å². The van der Waals surface area contributed by atoms with E-state index in [0.717, 1.165) is 98.1 Å². The molecule has 14 nitrogen and oxygen atoms in total. The van der Waals surface area contributed by atoms with Gasteiger partial charge in [-0.15, -0.1) is 17.0 Å². The van der Waals surface area contributed by atoms with E-state index in [1.54, 1.807) is 49.6 Å². The fraction of sp³-hybridized carbons (Fsp3) is 0.381. The van der Waals surface area contributed by atoms with Gasteiger partial charge in [-0.05, 0) is 192 Å². The van der Waals surface area contributed by atoms with Crippen LogP contribution in [0.1, 0.15) is 93.4 Å². The number of amides is 1. The Morgan fingerprint density at radius 2 is 1.23 bits per heavy atom. The van der Waals surface area contributed by atoms with Gasteiger partial charge in [0.1, 0.15) is 40.2 Å². The van der Waals surface area contributed by atoms with E-state index in [2.05, 4.69) is 32.2 Å². The molecule has 82 heavy (non-hydrogen) atoms. The second-order valence-corrected chi connectivity index (χ2v) is 21.1. The van der Waals surface area contributed by atoms with Crippen molar-refractivity contribution in [3.05, 3.63) is 194 Å². The second kappa shape index (κ2) is 31.2. The van der Waals surface area contributed by atoms with Crippen LogP contribution in [0.15, 0.2) is 121 Å². The molecule has 0 saturated carbocycles. The molecule has 4 unspecified atom stereocenters. The SMILES string of the molecule is Br.CN(C)CCCC1(c2ccc(F)cc2)OCc2cc(C#N)ccc21.CN(C)CCCC1(c2ccc(F)cc2)OCc2cc(C#N)ccc21.COc1cc(N)c(Cl)cc1C(=O)NC1CCN(CCCOc2ccc(F)cc2)CC1OC.O. The number of benzene rings is 6. The van der Waals surface area contributed by atoms with Crippen molar-refractivity contribution in [2.75, 3.05) is 87.5 Å². The molecule has 5 N–H and O–H groups in total. The van der Waals surface area contributed by atoms with Crippen LogP contribution in [0.2, 0.25) is 5.02 Å². The molecular formula is C63H74BrClF3N7O7. The first-order valence-corrected chi connectivity index (χ1v) is 27.1. The van der Waals surface area contributed by atoms with Gasteiger partial charge in [-0.2, -0.15) is 10.5 Å². The van der Waals surface area contributed by atoms with Crippen LogP contribution in [0.5, 0.6) is 11.5 Å². The second-order valence-electron chi connectivity index (χ2n) is 20.7. The van der Waals surface area contributed by atoms with Crippen molar-refractivity contribution in [1.82, 2.24) is 20.0 Å². The summed E-state index contributed by atoms with van der Waals surface area (Å²) in [4.78, 5) is 19.4. The summed E-state index contributed by atoms with van der Waals surface area (Å²) in [6, 6.07) is 37.8. The monoisotopic (exact) mass is 1210 g/mol. The Labute approximate surface area is 495 Å². The van der Waals surface area contributed by atoms with Crippen LogP contribution in [-0.2, 0) is 38.6 Å². The minimum absolute atomic E-state index is 0. The molecule has 3 aliphatic heterocycles. The third kappa shape index (κ3) is 16.8. The number of hydrogen-bond donors (Lipinski definition) is 2. The smallest absolute Gasteiger partial charge is 0.255 e. The molecule has 0 spiro atoms. The third-order valence-corrected chi connectivity index (χ3v) is 15.0. The lowest BCUT2D eigenvalue weighted by Crippen LogP contribution is -2.55. The number of carbonyl (C=O) groups excluding carboxylic acids is 1. The summed E-state index contributed by atoms with van der Waals surface area (Å²) in [6.07, 6.45) is 4.97. The number of anilines is 1. The number of rotatable bonds is 19. The first kappa shape index (κ1) is 66.3. The van der Waals surface area contributed by atoms with Gasteiger partial charge in [0.05, 0.1) is 78.6 Å². The van der Waals surface area contributed by atoms with E-state index in [4.69, 9.17) is 51.5 Å². The number of nitrogens with zero attached hydrogens (tertiary/aromatic N) is 5. The van der Waals surface area contributed by atoms with Gasteiger partial charge < -0.3 is 54.9 Å². The molecule has 9 rings (SSSR count). The van der Waals surface area contributed by atoms with E-state index < -0.39 is 11.2 Å². The first-order chi connectivity index (χ1) is 38.5. The summed E-state index contributed by atoms with van der Waals surface area (Å²) in [5.74, 6) is -0.0361. The predicted molar refractivity (Wildman–Crippen MR) is 318 cm³/mol. The minimum Gasteiger partial charge on any atom is -0.496 e. The molecule has 6 aromatic carbocycles. The molecule has 0 bridgehead atoms. The van der Waals surface area contributed by atoms with Crippen molar-refractivity contribution >= 4 is 40.2 Å². The number of carbonyl (C=O) groups is 1. The van der Waals surface area contributed by atoms with E-state index >= 15 is 0 Å². The molecule has 0 aromatic heterocycles. The number of nitrogen functional groups attached to an aromatic ring is 1. The van der Waals surface area contributed by atoms with Crippen molar-refractivity contribution in [3.63, 3.8) is 0 Å². The van der Waals surface area contributed by atoms with Gasteiger partial charge in [-0.3, -0.25) is 4.79 Å². The van der Waals surface area contributed by atoms with E-state index in [0.29, 0.717) is 65.3 Å². The molecule has 19 heteroatoms. The Hall–Kier alpha value is -6.55. The summed E-state index contributed by atoms with van der Waals surface area (Å²) in [5.41, 5.74) is 12.8. The molecule has 6 aromatic rings. The van der Waals surface area contributed by atoms with Crippen LogP contribution in [-0.4, -0.2) is 120 Å². The normalized spacial score (nSPS) is 18.7. The van der Waals surface area contributed by atoms with Gasteiger partial charge in [0.2, 0.25) is 0 Å². The van der Waals surface area contributed by atoms with Crippen LogP contribution in [0.4, 0.5) is 18.9 Å². The van der Waals surface area contributed by atoms with E-state index in [-0.39, 0.29) is 58.0 Å². The zero-order valence-corrected chi connectivity index (χ0v) is 49.8. The number of ether oxygens (including phenoxy) is 5. The van der Waals surface area contributed by atoms with Gasteiger partial charge in [0.25, 0.3) is 5.91 Å². The lowest BCUT2D eigenvalue weighted by molar-refractivity contribution is -0.0141. The number of nitrogens with two attached hydrogens (primary N) is 1. The molecule has 3 heterocycles. The zero-order valence-electron chi connectivity index (χ0n) is 47.3. The van der Waals surface area contributed by atoms with Crippen LogP contribution < -0.4 is 20.5 Å². The highest BCUT2D eigenvalue weighted by atomic mass is 79.9. The highest BCUT2D eigenvalue weighted by Gasteiger charge is 2.43. The van der Waals surface area contributed by atoms with Crippen LogP contribution in [0.25, 0.3) is 0 Å². The van der Waals surface area contributed by atoms with Crippen molar-refractivity contribution in [2.24, 2.45) is 0 Å². The number of hydrogen-bond acceptors (Lipinski definition) is 12. The molecular weight excluding hydrogens is 1140 g/mol. The minimum atomic E-state index is -0.562. The van der Waals surface area contributed by atoms with Gasteiger partial charge >= 0.3 is 0 Å². The molecule has 4 atom stereocenters. The molecule has 0 aliphatic carbocycles. The number of nitriles is 2. The zero-order chi connectivity index (χ0) is 57.4. The number of nitrogens with one attached hydrogen (secondary N) is 1. The third-order valence-electron chi connectivity index (χ3n) is 14.7. The van der Waals surface area contributed by atoms with Gasteiger partial charge in [-0.1, -0.05) is 48.0 Å². The maximum Gasteiger partial charge on any atom is 0.255 e. The van der Waals surface area contributed by atoms with E-state index in [1.165, 1.54) is 49.6 Å². The molecule has 1 fully saturated rings. The summed E-state index contributed by atoms with van der Waals surface area (Å²) in [7, 11) is 11.3. The molecule has 0 radical (unpaired) electrons. The molecule has 1 saturated heterocycles. The van der Waals surface area contributed by atoms with Crippen LogP contribution >= 0.6 is 28.6 Å². The van der Waals surface area contributed by atoms with Crippen molar-refractivity contribution in [1.29, 1.82) is 10.5 Å². The van der Waals surface area contributed by atoms with Gasteiger partial charge in [0.15, 0.2) is 0 Å². The first-order valence-electron chi connectivity index (χ1n) is 26.7. The van der Waals surface area contributed by atoms with Gasteiger partial charge in [-0.25, -0.2) is 13.2 Å². The fourth-order valence-electron chi connectivity index (χ4n) is 10.6. The summed E-state index contributed by atoms with van der Waals surface area (Å²) in [5, 5.41) is 21.6. The average Bonchev–Trinajstić information content (AvgIpc) is 2.59. The Balaban J connectivity index is 0.000000226. The summed E-state index contributed by atoms with van der Waals surface area (Å²) in [6.45, 7) is 5.75. The van der Waals surface area contributed by atoms with Crippen molar-refractivity contribution in [2.45, 2.75) is 75.1 Å². The van der Waals surface area contributed by atoms with E-state index in [1.807, 2.05) is 64.6 Å².